The van der Waals surface area contributed by atoms with Gasteiger partial charge in [0.05, 0.1) is 5.69 Å². The van der Waals surface area contributed by atoms with Gasteiger partial charge < -0.3 is 15.4 Å². The van der Waals surface area contributed by atoms with Crippen LogP contribution in [0.4, 0.5) is 11.4 Å². The Labute approximate surface area is 169 Å². The van der Waals surface area contributed by atoms with Crippen LogP contribution in [0.1, 0.15) is 18.4 Å². The molecule has 0 saturated heterocycles. The molecule has 5 heteroatoms. The largest absolute Gasteiger partial charge is 0.455 e. The number of para-hydroxylation sites is 3. The Bertz CT molecular complexity index is 1040. The first-order valence-electron chi connectivity index (χ1n) is 9.58. The van der Waals surface area contributed by atoms with Crippen LogP contribution in [0.25, 0.3) is 0 Å². The van der Waals surface area contributed by atoms with Crippen molar-refractivity contribution in [3.63, 3.8) is 0 Å². The van der Waals surface area contributed by atoms with Crippen LogP contribution in [0.2, 0.25) is 0 Å². The summed E-state index contributed by atoms with van der Waals surface area (Å²) < 4.78 is 5.90. The molecule has 4 rings (SSSR count). The molecule has 0 atom stereocenters. The first kappa shape index (κ1) is 18.7. The average molecular weight is 386 g/mol. The van der Waals surface area contributed by atoms with Gasteiger partial charge in [0.25, 0.3) is 0 Å². The molecule has 2 amide bonds. The first-order chi connectivity index (χ1) is 14.1. The number of amides is 2. The summed E-state index contributed by atoms with van der Waals surface area (Å²) in [7, 11) is 0. The Morgan fingerprint density at radius 2 is 1.52 bits per heavy atom. The highest BCUT2D eigenvalue weighted by atomic mass is 16.5. The topological polar surface area (TPSA) is 67.4 Å². The van der Waals surface area contributed by atoms with Crippen LogP contribution in [-0.4, -0.2) is 11.8 Å². The molecule has 3 aromatic rings. The van der Waals surface area contributed by atoms with Crippen molar-refractivity contribution in [1.29, 1.82) is 0 Å². The minimum atomic E-state index is -1.04. The maximum atomic E-state index is 13.0. The van der Waals surface area contributed by atoms with Crippen LogP contribution in [0, 0.1) is 12.3 Å². The second-order valence-corrected chi connectivity index (χ2v) is 7.27. The zero-order chi connectivity index (χ0) is 20.3. The van der Waals surface area contributed by atoms with Gasteiger partial charge in [-0.15, -0.1) is 0 Å². The summed E-state index contributed by atoms with van der Waals surface area (Å²) in [6.07, 6.45) is 1.05. The summed E-state index contributed by atoms with van der Waals surface area (Å²) in [6, 6.07) is 24.1. The third kappa shape index (κ3) is 4.14. The van der Waals surface area contributed by atoms with E-state index >= 15 is 0 Å². The van der Waals surface area contributed by atoms with Crippen molar-refractivity contribution in [2.24, 2.45) is 5.41 Å². The van der Waals surface area contributed by atoms with Crippen molar-refractivity contribution in [3.05, 3.63) is 84.4 Å². The van der Waals surface area contributed by atoms with E-state index in [0.717, 1.165) is 5.56 Å². The summed E-state index contributed by atoms with van der Waals surface area (Å²) in [5.74, 6) is 0.614. The molecule has 0 heterocycles. The number of hydrogen-bond donors (Lipinski definition) is 2. The number of carbonyl (C=O) groups is 2. The second kappa shape index (κ2) is 7.80. The van der Waals surface area contributed by atoms with E-state index in [1.54, 1.807) is 12.1 Å². The van der Waals surface area contributed by atoms with Gasteiger partial charge in [0, 0.05) is 5.69 Å². The Morgan fingerprint density at radius 3 is 2.24 bits per heavy atom. The third-order valence-corrected chi connectivity index (χ3v) is 5.00. The molecule has 1 aliphatic carbocycles. The zero-order valence-electron chi connectivity index (χ0n) is 16.1. The molecule has 0 spiro atoms. The lowest BCUT2D eigenvalue weighted by molar-refractivity contribution is -0.131. The highest BCUT2D eigenvalue weighted by Gasteiger charge is 2.56. The summed E-state index contributed by atoms with van der Waals surface area (Å²) in [5.41, 5.74) is 1.24. The molecule has 0 unspecified atom stereocenters. The highest BCUT2D eigenvalue weighted by molar-refractivity contribution is 6.17. The van der Waals surface area contributed by atoms with Crippen LogP contribution in [-0.2, 0) is 9.59 Å². The quantitative estimate of drug-likeness (QED) is 0.576. The fraction of sp³-hybridized carbons (Fsp3) is 0.167. The van der Waals surface area contributed by atoms with Gasteiger partial charge in [0.15, 0.2) is 5.75 Å². The molecule has 0 bridgehead atoms. The first-order valence-corrected chi connectivity index (χ1v) is 9.58. The van der Waals surface area contributed by atoms with E-state index in [-0.39, 0.29) is 11.8 Å². The van der Waals surface area contributed by atoms with Gasteiger partial charge in [-0.25, -0.2) is 0 Å². The van der Waals surface area contributed by atoms with Crippen molar-refractivity contribution >= 4 is 23.2 Å². The predicted octanol–water partition coefficient (Wildman–Crippen LogP) is 5.14. The molecule has 1 saturated carbocycles. The summed E-state index contributed by atoms with van der Waals surface area (Å²) >= 11 is 0. The molecule has 1 aliphatic rings. The number of benzene rings is 3. The van der Waals surface area contributed by atoms with Crippen LogP contribution >= 0.6 is 0 Å². The number of aryl methyl sites for hydroxylation is 1. The zero-order valence-corrected chi connectivity index (χ0v) is 16.1. The van der Waals surface area contributed by atoms with Gasteiger partial charge in [-0.1, -0.05) is 42.5 Å². The predicted molar refractivity (Wildman–Crippen MR) is 113 cm³/mol. The molecule has 0 aromatic heterocycles. The number of carbonyl (C=O) groups excluding carboxylic acids is 2. The van der Waals surface area contributed by atoms with Gasteiger partial charge >= 0.3 is 0 Å². The van der Waals surface area contributed by atoms with E-state index in [0.29, 0.717) is 35.7 Å². The lowest BCUT2D eigenvalue weighted by Gasteiger charge is -2.17. The highest BCUT2D eigenvalue weighted by Crippen LogP contribution is 2.48. The molecule has 5 nitrogen and oxygen atoms in total. The lowest BCUT2D eigenvalue weighted by Crippen LogP contribution is -2.35. The van der Waals surface area contributed by atoms with Crippen molar-refractivity contribution in [3.8, 4) is 11.5 Å². The Hall–Kier alpha value is -3.60. The molecule has 3 aromatic carbocycles. The third-order valence-electron chi connectivity index (χ3n) is 5.00. The number of nitrogens with one attached hydrogen (secondary N) is 2. The minimum Gasteiger partial charge on any atom is -0.455 e. The number of ether oxygens (including phenoxy) is 1. The van der Waals surface area contributed by atoms with Crippen LogP contribution in [0.5, 0.6) is 11.5 Å². The van der Waals surface area contributed by atoms with E-state index in [9.17, 15) is 9.59 Å². The Balaban J connectivity index is 1.48. The molecular weight excluding hydrogens is 364 g/mol. The van der Waals surface area contributed by atoms with Crippen molar-refractivity contribution in [2.45, 2.75) is 19.8 Å². The van der Waals surface area contributed by atoms with Crippen molar-refractivity contribution in [1.82, 2.24) is 0 Å². The fourth-order valence-electron chi connectivity index (χ4n) is 3.17. The fourth-order valence-corrected chi connectivity index (χ4v) is 3.17. The second-order valence-electron chi connectivity index (χ2n) is 7.27. The smallest absolute Gasteiger partial charge is 0.240 e. The molecular formula is C24H22N2O3. The maximum absolute atomic E-state index is 13.0. The van der Waals surface area contributed by atoms with E-state index < -0.39 is 5.41 Å². The van der Waals surface area contributed by atoms with E-state index in [1.807, 2.05) is 73.7 Å². The minimum absolute atomic E-state index is 0.276. The van der Waals surface area contributed by atoms with Gasteiger partial charge in [-0.2, -0.15) is 0 Å². The molecule has 0 aliphatic heterocycles. The number of rotatable bonds is 6. The van der Waals surface area contributed by atoms with Crippen LogP contribution in [0.15, 0.2) is 78.9 Å². The van der Waals surface area contributed by atoms with Gasteiger partial charge in [-0.05, 0) is 61.7 Å². The van der Waals surface area contributed by atoms with Crippen molar-refractivity contribution in [2.75, 3.05) is 10.6 Å². The van der Waals surface area contributed by atoms with Crippen LogP contribution in [0.3, 0.4) is 0 Å². The van der Waals surface area contributed by atoms with E-state index in [4.69, 9.17) is 4.74 Å². The number of hydrogen-bond acceptors (Lipinski definition) is 3. The molecule has 0 radical (unpaired) electrons. The van der Waals surface area contributed by atoms with Crippen LogP contribution < -0.4 is 15.4 Å². The lowest BCUT2D eigenvalue weighted by atomic mass is 10.0. The maximum Gasteiger partial charge on any atom is 0.240 e. The Kier molecular flexibility index (Phi) is 5.04. The summed E-state index contributed by atoms with van der Waals surface area (Å²) in [4.78, 5) is 25.8. The number of anilines is 2. The molecule has 29 heavy (non-hydrogen) atoms. The standard InChI is InChI=1S/C24H22N2O3/c1-17-8-7-9-18(16-17)25-22(27)24(14-15-24)23(28)26-20-12-5-6-13-21(20)29-19-10-3-2-4-11-19/h2-13,16H,14-15H2,1H3,(H,25,27)(H,26,28). The van der Waals surface area contributed by atoms with Crippen molar-refractivity contribution < 1.29 is 14.3 Å². The van der Waals surface area contributed by atoms with Gasteiger partial charge in [0.1, 0.15) is 11.2 Å². The molecule has 146 valence electrons. The van der Waals surface area contributed by atoms with E-state index in [1.165, 1.54) is 0 Å². The Morgan fingerprint density at radius 1 is 0.828 bits per heavy atom. The summed E-state index contributed by atoms with van der Waals surface area (Å²) in [5, 5.41) is 5.76. The molecule has 2 N–H and O–H groups in total. The van der Waals surface area contributed by atoms with Gasteiger partial charge in [0.2, 0.25) is 11.8 Å². The van der Waals surface area contributed by atoms with E-state index in [2.05, 4.69) is 10.6 Å². The molecule has 1 fully saturated rings. The van der Waals surface area contributed by atoms with Gasteiger partial charge in [-0.3, -0.25) is 9.59 Å². The monoisotopic (exact) mass is 386 g/mol. The summed E-state index contributed by atoms with van der Waals surface area (Å²) in [6.45, 7) is 1.96. The SMILES string of the molecule is Cc1cccc(NC(=O)C2(C(=O)Nc3ccccc3Oc3ccccc3)CC2)c1. The average Bonchev–Trinajstić information content (AvgIpc) is 3.53. The normalized spacial score (nSPS) is 14.0.